The van der Waals surface area contributed by atoms with Crippen molar-refractivity contribution in [1.82, 2.24) is 20.4 Å². The minimum atomic E-state index is -2.75. The van der Waals surface area contributed by atoms with Crippen LogP contribution in [-0.2, 0) is 81.7 Å². The molecule has 1 aromatic rings. The van der Waals surface area contributed by atoms with Gasteiger partial charge in [0.05, 0.1) is 113 Å². The Morgan fingerprint density at radius 1 is 0.746 bits per heavy atom. The Morgan fingerprint density at radius 3 is 1.90 bits per heavy atom. The van der Waals surface area contributed by atoms with Gasteiger partial charge in [-0.25, -0.2) is 0 Å². The Bertz CT molecular complexity index is 4390. The number of halogens is 2. The molecule has 2 saturated carbocycles. The number of cyclic esters (lactones) is 1. The van der Waals surface area contributed by atoms with Gasteiger partial charge in [0.2, 0.25) is 11.5 Å². The molecule has 11 rings (SSSR count). The van der Waals surface area contributed by atoms with Gasteiger partial charge >= 0.3 is 5.97 Å². The van der Waals surface area contributed by atoms with E-state index in [9.17, 15) is 115 Å². The maximum atomic E-state index is 14.1. The van der Waals surface area contributed by atoms with Crippen LogP contribution in [0.5, 0.6) is 5.75 Å². The molecule has 762 valence electrons. The van der Waals surface area contributed by atoms with Crippen molar-refractivity contribution < 1.29 is 158 Å². The number of fused-ring (bicyclic) bond motifs is 3. The topological polar surface area (TPSA) is 702 Å². The van der Waals surface area contributed by atoms with Gasteiger partial charge in [-0.3, -0.25) is 43.8 Å². The molecule has 0 aromatic heterocycles. The number of aliphatic hydroxyl groups is 14. The van der Waals surface area contributed by atoms with E-state index in [4.69, 9.17) is 99.2 Å². The summed E-state index contributed by atoms with van der Waals surface area (Å²) < 4.78 is 60.3. The fraction of sp³-hybridized carbons (Fsp3) is 0.775. The lowest BCUT2D eigenvalue weighted by Gasteiger charge is -2.53. The first-order valence-corrected chi connectivity index (χ1v) is 46.0. The van der Waals surface area contributed by atoms with E-state index in [-0.39, 0.29) is 86.2 Å². The van der Waals surface area contributed by atoms with Crippen LogP contribution in [0, 0.1) is 45.6 Å². The van der Waals surface area contributed by atoms with Crippen LogP contribution in [0.3, 0.4) is 0 Å². The summed E-state index contributed by atoms with van der Waals surface area (Å²) in [6.07, 6.45) is -12.4. The number of nitrogens with two attached hydrogens (primary N) is 5. The highest BCUT2D eigenvalue weighted by Gasteiger charge is 2.67. The van der Waals surface area contributed by atoms with Crippen molar-refractivity contribution in [3.05, 3.63) is 79.8 Å². The van der Waals surface area contributed by atoms with E-state index in [1.54, 1.807) is 55.5 Å². The van der Waals surface area contributed by atoms with Crippen molar-refractivity contribution in [2.75, 3.05) is 62.1 Å². The Labute approximate surface area is 789 Å². The van der Waals surface area contributed by atoms with Gasteiger partial charge < -0.3 is 168 Å². The molecule has 5 heterocycles. The maximum Gasteiger partial charge on any atom is 0.311 e. The fourth-order valence-corrected chi connectivity index (χ4v) is 20.5. The summed E-state index contributed by atoms with van der Waals surface area (Å²) in [5.74, 6) is -13.6. The first kappa shape index (κ1) is 113. The first-order valence-electron chi connectivity index (χ1n) is 45.1. The average molecular weight is 1950 g/mol. The molecule has 2 amide bonds. The van der Waals surface area contributed by atoms with Crippen LogP contribution in [0.25, 0.3) is 5.76 Å². The number of allylic oxidation sites excluding steroid dienone is 3. The zero-order valence-corrected chi connectivity index (χ0v) is 80.6. The Kier molecular flexibility index (Phi) is 38.5. The number of carbonyl (C=O) groups excluding carboxylic acids is 6. The molecular weight excluding hydrogens is 1810 g/mol. The third-order valence-electron chi connectivity index (χ3n) is 28.3. The number of likely N-dealkylation sites (N-methyl/N-ethyl adjacent to an activating group) is 3. The molecule has 27 N–H and O–H groups in total. The average Bonchev–Trinajstić information content (AvgIpc) is 0.686. The summed E-state index contributed by atoms with van der Waals surface area (Å²) >= 11 is 10.7. The normalized spacial score (nSPS) is 41.8. The number of esters is 1. The molecule has 1 aromatic carbocycles. The summed E-state index contributed by atoms with van der Waals surface area (Å²) in [4.78, 5) is 89.8. The minimum Gasteiger partial charge on any atom is -0.508 e. The SMILES string of the molecule is CC[C@H]1OC(=O)[C@H](C)[C@@H](O[C@H]2C[C@@](C)(OC)[C@@H](O)[C@H](C)O2)[C@H](C)[C@@H](O[C@@H]2O[C@H](C)C[C@H](N(C)C)[C@H]2O)[C@](C)(O)C[C@@H](C)C(=O)[C@H](C)[C@@H](O)[C@]1(C)O.CN(C)[C@@H]1C(=O)C(C(N)=O)=C(O)[C@@]2(O)C(=O)C3=C(O)c4c(O)cccc4[C@@](C)(O)[C@H]3C[C@@H]12.CN[C@@H]1[C@@H](O)[C@@H](O[C@H]2[C@H](N)C[C@H](N)C(O[C@H]3O[C@H](CN)CC[C@H]3N)[C@@H]2O)OC[C@]1(C)O.O=C(N[C@@H](CO)[C@@H](O)C1=CC=C([N+](=O)[O-])CC1)C(Cl)Cl. The molecule has 0 radical (unpaired) electrons. The molecule has 134 heavy (non-hydrogen) atoms. The fourth-order valence-electron chi connectivity index (χ4n) is 20.4. The van der Waals surface area contributed by atoms with E-state index >= 15 is 0 Å². The van der Waals surface area contributed by atoms with Crippen LogP contribution in [0.2, 0.25) is 0 Å². The molecular formula is C89H144Cl2N10O33. The number of hydrogen-bond donors (Lipinski definition) is 22. The van der Waals surface area contributed by atoms with E-state index in [0.29, 0.717) is 31.4 Å². The van der Waals surface area contributed by atoms with Gasteiger partial charge in [0.25, 0.3) is 11.8 Å². The predicted octanol–water partition coefficient (Wildman–Crippen LogP) is -2.05. The number of Topliss-reactive ketones (excluding diaryl/α,β-unsaturated/α-hetero) is 3. The van der Waals surface area contributed by atoms with Crippen molar-refractivity contribution in [2.24, 2.45) is 64.2 Å². The molecule has 0 bridgehead atoms. The lowest BCUT2D eigenvalue weighted by molar-refractivity contribution is -0.428. The molecule has 0 spiro atoms. The molecule has 5 saturated heterocycles. The van der Waals surface area contributed by atoms with Crippen LogP contribution in [0.1, 0.15) is 158 Å². The highest BCUT2D eigenvalue weighted by atomic mass is 35.5. The third kappa shape index (κ3) is 24.0. The zero-order chi connectivity index (χ0) is 101. The van der Waals surface area contributed by atoms with Crippen molar-refractivity contribution in [3.63, 3.8) is 0 Å². The molecule has 43 nitrogen and oxygen atoms in total. The van der Waals surface area contributed by atoms with Gasteiger partial charge in [-0.1, -0.05) is 69.1 Å². The number of methoxy groups -OCH3 is 1. The van der Waals surface area contributed by atoms with E-state index in [2.05, 4.69) is 10.6 Å². The Hall–Kier alpha value is -6.14. The highest BCUT2D eigenvalue weighted by molar-refractivity contribution is 6.53. The number of hydrogen-bond acceptors (Lipinski definition) is 40. The quantitative estimate of drug-likeness (QED) is 0.0207. The number of carbonyl (C=O) groups is 6. The van der Waals surface area contributed by atoms with Crippen LogP contribution >= 0.6 is 23.2 Å². The minimum absolute atomic E-state index is 0.0483. The van der Waals surface area contributed by atoms with E-state index < -0.39 is 278 Å². The predicted molar refractivity (Wildman–Crippen MR) is 480 cm³/mol. The van der Waals surface area contributed by atoms with E-state index in [0.717, 1.165) is 6.42 Å². The Balaban J connectivity index is 0.000000231. The van der Waals surface area contributed by atoms with Crippen molar-refractivity contribution in [3.8, 4) is 5.75 Å². The van der Waals surface area contributed by atoms with Gasteiger partial charge in [0.1, 0.15) is 82.6 Å². The number of aliphatic hydroxyl groups excluding tert-OH is 9. The van der Waals surface area contributed by atoms with Crippen molar-refractivity contribution in [1.29, 1.82) is 0 Å². The van der Waals surface area contributed by atoms with Crippen LogP contribution in [-0.4, -0.2) is 374 Å². The second-order valence-electron chi connectivity index (χ2n) is 38.8. The monoisotopic (exact) mass is 1950 g/mol. The van der Waals surface area contributed by atoms with Crippen LogP contribution in [0.15, 0.2) is 58.5 Å². The van der Waals surface area contributed by atoms with Crippen molar-refractivity contribution in [2.45, 2.75) is 339 Å². The number of aromatic hydroxyl groups is 1. The Morgan fingerprint density at radius 2 is 1.37 bits per heavy atom. The van der Waals surface area contributed by atoms with Crippen LogP contribution in [0.4, 0.5) is 0 Å². The van der Waals surface area contributed by atoms with Gasteiger partial charge in [-0.2, -0.15) is 0 Å². The van der Waals surface area contributed by atoms with Gasteiger partial charge in [-0.05, 0) is 159 Å². The number of amides is 2. The second-order valence-corrected chi connectivity index (χ2v) is 39.9. The molecule has 5 aliphatic carbocycles. The smallest absolute Gasteiger partial charge is 0.311 e. The molecule has 45 heteroatoms. The number of rotatable bonds is 21. The summed E-state index contributed by atoms with van der Waals surface area (Å²) in [6.45, 7) is 19.0. The number of phenols is 1. The number of benzene rings is 1. The maximum absolute atomic E-state index is 14.1. The van der Waals surface area contributed by atoms with Gasteiger partial charge in [-0.15, -0.1) is 0 Å². The van der Waals surface area contributed by atoms with Gasteiger partial charge in [0, 0.05) is 85.9 Å². The van der Waals surface area contributed by atoms with E-state index in [1.165, 1.54) is 84.2 Å². The molecule has 10 aliphatic rings. The summed E-state index contributed by atoms with van der Waals surface area (Å²) in [7, 11) is 9.81. The lowest BCUT2D eigenvalue weighted by atomic mass is 9.54. The number of ketones is 3. The summed E-state index contributed by atoms with van der Waals surface area (Å²) in [5, 5.41) is 180. The molecule has 5 aliphatic heterocycles. The summed E-state index contributed by atoms with van der Waals surface area (Å²) in [5.41, 5.74) is 18.1. The van der Waals surface area contributed by atoms with Gasteiger partial charge in [0.15, 0.2) is 41.4 Å². The molecule has 7 fully saturated rings. The standard InChI is InChI=1S/C37H67NO13.C22H24N2O8.C19H39N5O7.C11H14Cl2N2O5/c1-14-25-37(10,45)30(41)20(4)27(39)18(2)16-35(8,44)32(51-34-28(40)24(38(11)12)15-19(3)47-34)21(5)29(22(6)33(43)49-25)50-26-17-36(9,46-13)31(42)23(7)48-26;1-21(31)8-5-4-6-11(25)12(8)16(26)13-9(21)7-10-15(24(2)3)17(27)14(20(23)30)19(29)22(10,32)18(13)28;1-19(27)7-28-18(13(26)16(19)24-2)31-15-11(23)5-10(22)14(12(15)25)30-17-9(21)4-3-8(6-20)29-17;12-10(13)11(18)14-8(5-16)9(17)6-1-3-7(4-2-6)15(19)20/h18-26,28-32,34,40-42,44-45H,14-17H2,1-13H3;4-6,9-10,15,25-26,29,31-32H,7H2,1-3H3,(H2,23,30);8-18,24-27H,3-7,20-23H2,1-2H3;1,3,8-10,16-17H,2,4-5H2,(H,14,18)/t18-,19-,20+,21+,22-,23+,24+,25-,26+,28-,29+,30-,31+,32-,34+,35-,36-,37-;9-,10-,15-,21+,22-;8-,9+,10-,11+,12-,13+,14?,15-,16+,17+,18+,19-;8-,9-/m1000/s1. The molecule has 1 unspecified atom stereocenters. The zero-order valence-electron chi connectivity index (χ0n) is 79.1. The number of ether oxygens (including phenoxy) is 10. The largest absolute Gasteiger partial charge is 0.508 e. The van der Waals surface area contributed by atoms with Crippen molar-refractivity contribution >= 4 is 64.1 Å². The lowest BCUT2D eigenvalue weighted by Crippen LogP contribution is -2.68. The first-order chi connectivity index (χ1) is 62.1. The number of phenolic OH excluding ortho intramolecular Hbond substituents is 1. The second kappa shape index (κ2) is 45.6. The number of primary amides is 1. The van der Waals surface area contributed by atoms with E-state index in [1.807, 2.05) is 25.9 Å². The molecule has 37 atom stereocenters. The number of alkyl halides is 2. The highest BCUT2D eigenvalue weighted by Crippen LogP contribution is 2.58. The number of nitro groups is 1. The van der Waals surface area contributed by atoms with Crippen LogP contribution < -0.4 is 39.3 Å². The third-order valence-corrected chi connectivity index (χ3v) is 28.7. The summed E-state index contributed by atoms with van der Waals surface area (Å²) in [6, 6.07) is -0.537. The number of nitrogens with one attached hydrogen (secondary N) is 2. The number of nitrogens with zero attached hydrogens (tertiary/aromatic N) is 3.